The molecule has 4 rings (SSSR count). The molecule has 0 bridgehead atoms. The molecule has 202 valence electrons. The van der Waals surface area contributed by atoms with E-state index < -0.39 is 21.7 Å². The second-order valence-corrected chi connectivity index (χ2v) is 8.46. The molecule has 0 aliphatic carbocycles. The van der Waals surface area contributed by atoms with E-state index in [1.807, 2.05) is 10.9 Å². The molecule has 40 heavy (non-hydrogen) atoms. The van der Waals surface area contributed by atoms with Crippen LogP contribution in [0.15, 0.2) is 79.7 Å². The van der Waals surface area contributed by atoms with Crippen LogP contribution in [0.2, 0.25) is 10.0 Å². The smallest absolute Gasteiger partial charge is 0.331 e. The first-order valence-electron chi connectivity index (χ1n) is 10.9. The lowest BCUT2D eigenvalue weighted by atomic mass is 10.1. The quantitative estimate of drug-likeness (QED) is 0.126. The lowest BCUT2D eigenvalue weighted by Gasteiger charge is -2.00. The monoisotopic (exact) mass is 584 g/mol. The van der Waals surface area contributed by atoms with Crippen LogP contribution in [-0.2, 0) is 9.59 Å². The number of benzene rings is 2. The molecule has 0 fully saturated rings. The first-order valence-corrected chi connectivity index (χ1v) is 11.6. The number of hydrazone groups is 2. The van der Waals surface area contributed by atoms with Crippen LogP contribution in [-0.4, -0.2) is 34.1 Å². The second kappa shape index (κ2) is 12.0. The summed E-state index contributed by atoms with van der Waals surface area (Å²) in [6.45, 7) is 0. The van der Waals surface area contributed by atoms with E-state index in [1.54, 1.807) is 12.1 Å². The van der Waals surface area contributed by atoms with Crippen molar-refractivity contribution in [2.75, 3.05) is 0 Å². The van der Waals surface area contributed by atoms with Crippen LogP contribution < -0.4 is 10.9 Å². The Morgan fingerprint density at radius 3 is 1.45 bits per heavy atom. The molecule has 2 heterocycles. The summed E-state index contributed by atoms with van der Waals surface area (Å²) in [5.41, 5.74) is 4.48. The minimum Gasteiger partial charge on any atom is -0.455 e. The number of halogens is 2. The van der Waals surface area contributed by atoms with Gasteiger partial charge in [0.05, 0.1) is 32.3 Å². The van der Waals surface area contributed by atoms with Gasteiger partial charge in [-0.3, -0.25) is 29.8 Å². The number of nitrogens with zero attached hydrogens (tertiary/aromatic N) is 4. The van der Waals surface area contributed by atoms with Gasteiger partial charge in [-0.2, -0.15) is 10.2 Å². The number of hydrogen-bond acceptors (Lipinski definition) is 10. The molecule has 0 radical (unpaired) electrons. The van der Waals surface area contributed by atoms with E-state index in [-0.39, 0.29) is 32.9 Å². The van der Waals surface area contributed by atoms with Crippen molar-refractivity contribution in [2.45, 2.75) is 0 Å². The van der Waals surface area contributed by atoms with E-state index in [4.69, 9.17) is 32.0 Å². The fourth-order valence-electron chi connectivity index (χ4n) is 3.18. The van der Waals surface area contributed by atoms with Crippen molar-refractivity contribution < 1.29 is 28.3 Å². The van der Waals surface area contributed by atoms with E-state index in [9.17, 15) is 29.8 Å². The van der Waals surface area contributed by atoms with Gasteiger partial charge < -0.3 is 8.83 Å². The van der Waals surface area contributed by atoms with Crippen LogP contribution in [0, 0.1) is 20.2 Å². The highest BCUT2D eigenvalue weighted by molar-refractivity contribution is 6.35. The van der Waals surface area contributed by atoms with Crippen molar-refractivity contribution in [3.05, 3.63) is 102 Å². The van der Waals surface area contributed by atoms with E-state index in [0.717, 1.165) is 12.4 Å². The lowest BCUT2D eigenvalue weighted by molar-refractivity contribution is -0.385. The normalized spacial score (nSPS) is 11.2. The van der Waals surface area contributed by atoms with Crippen molar-refractivity contribution >= 4 is 58.8 Å². The standard InChI is InChI=1S/C24H14Cl2N6O8/c25-19-9-13(31(35)36)1-5-17(19)21-7-3-15(39-21)11-27-29-23(33)24(34)30-28-12-16-4-8-22(40-16)18-6-2-14(32(37)38)10-20(18)26/h1-12H,(H,29,33)(H,30,34)/b27-11-,28-12-. The van der Waals surface area contributed by atoms with Crippen LogP contribution in [0.1, 0.15) is 11.5 Å². The molecule has 0 saturated heterocycles. The summed E-state index contributed by atoms with van der Waals surface area (Å²) >= 11 is 12.2. The van der Waals surface area contributed by atoms with Gasteiger partial charge in [-0.05, 0) is 36.4 Å². The maximum atomic E-state index is 11.9. The number of nitro groups is 2. The first kappa shape index (κ1) is 27.7. The van der Waals surface area contributed by atoms with Gasteiger partial charge in [-0.15, -0.1) is 0 Å². The number of non-ortho nitro benzene ring substituents is 2. The van der Waals surface area contributed by atoms with E-state index in [2.05, 4.69) is 10.2 Å². The second-order valence-electron chi connectivity index (χ2n) is 7.64. The summed E-state index contributed by atoms with van der Waals surface area (Å²) in [6.07, 6.45) is 2.26. The van der Waals surface area contributed by atoms with Gasteiger partial charge in [0, 0.05) is 35.4 Å². The van der Waals surface area contributed by atoms with Crippen molar-refractivity contribution in [3.63, 3.8) is 0 Å². The molecule has 0 saturated carbocycles. The predicted molar refractivity (Wildman–Crippen MR) is 143 cm³/mol. The van der Waals surface area contributed by atoms with Gasteiger partial charge in [-0.1, -0.05) is 23.2 Å². The maximum Gasteiger partial charge on any atom is 0.331 e. The zero-order chi connectivity index (χ0) is 28.8. The van der Waals surface area contributed by atoms with Gasteiger partial charge in [0.15, 0.2) is 0 Å². The highest BCUT2D eigenvalue weighted by atomic mass is 35.5. The summed E-state index contributed by atoms with van der Waals surface area (Å²) < 4.78 is 11.1. The summed E-state index contributed by atoms with van der Waals surface area (Å²) in [7, 11) is 0. The topological polar surface area (TPSA) is 195 Å². The van der Waals surface area contributed by atoms with Gasteiger partial charge >= 0.3 is 11.8 Å². The highest BCUT2D eigenvalue weighted by Crippen LogP contribution is 2.33. The Morgan fingerprint density at radius 1 is 0.700 bits per heavy atom. The number of nitrogens with one attached hydrogen (secondary N) is 2. The number of furan rings is 2. The number of hydrogen-bond donors (Lipinski definition) is 2. The third-order valence-corrected chi connectivity index (χ3v) is 5.66. The van der Waals surface area contributed by atoms with E-state index in [0.29, 0.717) is 22.6 Å². The summed E-state index contributed by atoms with van der Waals surface area (Å²) in [5, 5.41) is 29.2. The molecule has 0 spiro atoms. The number of carbonyl (C=O) groups excluding carboxylic acids is 2. The number of carbonyl (C=O) groups is 2. The Kier molecular flexibility index (Phi) is 8.32. The van der Waals surface area contributed by atoms with Gasteiger partial charge in [0.25, 0.3) is 11.4 Å². The molecule has 2 aromatic carbocycles. The lowest BCUT2D eigenvalue weighted by Crippen LogP contribution is -2.35. The average Bonchev–Trinajstić information content (AvgIpc) is 3.58. The molecular weight excluding hydrogens is 571 g/mol. The average molecular weight is 585 g/mol. The molecule has 0 aliphatic heterocycles. The highest BCUT2D eigenvalue weighted by Gasteiger charge is 2.15. The molecule has 4 aromatic rings. The molecule has 2 aromatic heterocycles. The number of rotatable bonds is 8. The third kappa shape index (κ3) is 6.56. The molecule has 14 nitrogen and oxygen atoms in total. The Labute approximate surface area is 233 Å². The largest absolute Gasteiger partial charge is 0.455 e. The van der Waals surface area contributed by atoms with Crippen LogP contribution in [0.25, 0.3) is 22.6 Å². The van der Waals surface area contributed by atoms with Crippen LogP contribution >= 0.6 is 23.2 Å². The van der Waals surface area contributed by atoms with E-state index >= 15 is 0 Å². The summed E-state index contributed by atoms with van der Waals surface area (Å²) in [6, 6.07) is 13.9. The minimum absolute atomic E-state index is 0.110. The Bertz CT molecular complexity index is 1570. The molecule has 0 atom stereocenters. The Hall–Kier alpha value is -5.34. The van der Waals surface area contributed by atoms with Crippen molar-refractivity contribution in [1.82, 2.24) is 10.9 Å². The predicted octanol–water partition coefficient (Wildman–Crippen LogP) is 4.93. The van der Waals surface area contributed by atoms with E-state index in [1.165, 1.54) is 48.5 Å². The molecule has 2 amide bonds. The third-order valence-electron chi connectivity index (χ3n) is 5.03. The van der Waals surface area contributed by atoms with Crippen molar-refractivity contribution in [2.24, 2.45) is 10.2 Å². The molecule has 0 aliphatic rings. The molecule has 0 unspecified atom stereocenters. The van der Waals surface area contributed by atoms with Gasteiger partial charge in [0.1, 0.15) is 23.0 Å². The number of amides is 2. The van der Waals surface area contributed by atoms with Gasteiger partial charge in [0.2, 0.25) is 0 Å². The fraction of sp³-hybridized carbons (Fsp3) is 0. The zero-order valence-corrected chi connectivity index (χ0v) is 21.3. The minimum atomic E-state index is -1.13. The summed E-state index contributed by atoms with van der Waals surface area (Å²) in [5.74, 6) is -1.25. The van der Waals surface area contributed by atoms with Crippen molar-refractivity contribution in [1.29, 1.82) is 0 Å². The fourth-order valence-corrected chi connectivity index (χ4v) is 3.72. The Balaban J connectivity index is 1.29. The SMILES string of the molecule is O=C(N/N=C\c1ccc(-c2ccc([N+](=O)[O-])cc2Cl)o1)C(=O)N/N=C\c1ccc(-c2ccc([N+](=O)[O-])cc2Cl)o1. The van der Waals surface area contributed by atoms with Crippen molar-refractivity contribution in [3.8, 4) is 22.6 Å². The van der Waals surface area contributed by atoms with Crippen LogP contribution in [0.3, 0.4) is 0 Å². The Morgan fingerprint density at radius 2 is 1.10 bits per heavy atom. The van der Waals surface area contributed by atoms with Crippen LogP contribution in [0.4, 0.5) is 11.4 Å². The summed E-state index contributed by atoms with van der Waals surface area (Å²) in [4.78, 5) is 44.4. The molecule has 2 N–H and O–H groups in total. The van der Waals surface area contributed by atoms with Gasteiger partial charge in [-0.25, -0.2) is 10.9 Å². The molecular formula is C24H14Cl2N6O8. The zero-order valence-electron chi connectivity index (χ0n) is 19.7. The number of nitro benzene ring substituents is 2. The maximum absolute atomic E-state index is 11.9. The molecule has 16 heteroatoms. The van der Waals surface area contributed by atoms with Crippen LogP contribution in [0.5, 0.6) is 0 Å². The first-order chi connectivity index (χ1) is 19.1.